The molecule has 0 radical (unpaired) electrons. The molecule has 0 spiro atoms. The van der Waals surface area contributed by atoms with Crippen molar-refractivity contribution in [3.05, 3.63) is 53.6 Å². The van der Waals surface area contributed by atoms with Gasteiger partial charge in [0.25, 0.3) is 5.91 Å². The zero-order chi connectivity index (χ0) is 28.1. The number of carbonyl (C=O) groups excluding carboxylic acids is 1. The number of nitrogens with two attached hydrogens (primary N) is 1. The normalized spacial score (nSPS) is 26.3. The first-order valence-corrected chi connectivity index (χ1v) is 13.1. The third-order valence-electron chi connectivity index (χ3n) is 6.88. The van der Waals surface area contributed by atoms with Gasteiger partial charge in [-0.05, 0) is 57.5 Å². The van der Waals surface area contributed by atoms with Crippen LogP contribution in [0.5, 0.6) is 5.75 Å². The molecule has 0 saturated heterocycles. The zero-order valence-corrected chi connectivity index (χ0v) is 21.5. The molecule has 1 aromatic heterocycles. The fourth-order valence-corrected chi connectivity index (χ4v) is 7.70. The summed E-state index contributed by atoms with van der Waals surface area (Å²) in [6, 6.07) is 6.12. The molecule has 0 aliphatic carbocycles. The summed E-state index contributed by atoms with van der Waals surface area (Å²) in [4.78, 5) is 21.1. The number of pyridine rings is 1. The number of fused-ring (bicyclic) bond motifs is 1. The van der Waals surface area contributed by atoms with Gasteiger partial charge in [0.1, 0.15) is 33.4 Å². The lowest BCUT2D eigenvalue weighted by Crippen LogP contribution is -2.58. The van der Waals surface area contributed by atoms with Crippen molar-refractivity contribution in [2.75, 3.05) is 18.5 Å². The fourth-order valence-electron chi connectivity index (χ4n) is 4.53. The summed E-state index contributed by atoms with van der Waals surface area (Å²) >= 11 is 0. The Morgan fingerprint density at radius 3 is 2.61 bits per heavy atom. The monoisotopic (exact) mass is 559 g/mol. The smallest absolute Gasteiger partial charge is 0.340 e. The molecule has 0 bridgehead atoms. The van der Waals surface area contributed by atoms with E-state index in [1.165, 1.54) is 12.1 Å². The maximum Gasteiger partial charge on any atom is 0.340 e. The van der Waals surface area contributed by atoms with Crippen molar-refractivity contribution in [2.24, 2.45) is 15.1 Å². The Hall–Kier alpha value is -3.29. The van der Waals surface area contributed by atoms with Gasteiger partial charge in [-0.1, -0.05) is 0 Å². The molecule has 2 aliphatic heterocycles. The molecule has 3 N–H and O–H groups in total. The number of aromatic nitrogens is 1. The molecule has 0 saturated carbocycles. The van der Waals surface area contributed by atoms with Gasteiger partial charge >= 0.3 is 12.3 Å². The van der Waals surface area contributed by atoms with Crippen molar-refractivity contribution >= 4 is 27.2 Å². The van der Waals surface area contributed by atoms with Gasteiger partial charge in [0.15, 0.2) is 6.61 Å². The Morgan fingerprint density at radius 2 is 1.97 bits per heavy atom. The van der Waals surface area contributed by atoms with Crippen LogP contribution in [0, 0.1) is 5.82 Å². The van der Waals surface area contributed by atoms with E-state index in [1.54, 1.807) is 20.8 Å². The van der Waals surface area contributed by atoms with Crippen LogP contribution in [0.4, 0.5) is 27.6 Å². The lowest BCUT2D eigenvalue weighted by Gasteiger charge is -2.44. The Balaban J connectivity index is 1.57. The first-order chi connectivity index (χ1) is 17.6. The number of hydrogen-bond donors (Lipinski definition) is 2. The number of halogens is 5. The van der Waals surface area contributed by atoms with E-state index in [1.807, 2.05) is 0 Å². The van der Waals surface area contributed by atoms with E-state index in [0.717, 1.165) is 24.4 Å². The topological polar surface area (TPSA) is 119 Å². The average Bonchev–Trinajstić information content (AvgIpc) is 3.28. The van der Waals surface area contributed by atoms with Crippen LogP contribution in [0.1, 0.15) is 43.2 Å². The van der Waals surface area contributed by atoms with Crippen LogP contribution in [0.25, 0.3) is 0 Å². The number of hydrogen-bond acceptors (Lipinski definition) is 7. The molecule has 206 valence electrons. The highest BCUT2D eigenvalue weighted by Crippen LogP contribution is 2.48. The first kappa shape index (κ1) is 27.7. The second kappa shape index (κ2) is 9.47. The Labute approximate surface area is 216 Å². The van der Waals surface area contributed by atoms with Crippen LogP contribution >= 0.6 is 0 Å². The van der Waals surface area contributed by atoms with E-state index in [4.69, 9.17) is 5.73 Å². The van der Waals surface area contributed by atoms with E-state index in [9.17, 15) is 26.6 Å². The predicted molar refractivity (Wildman–Crippen MR) is 132 cm³/mol. The second-order valence-electron chi connectivity index (χ2n) is 9.73. The largest absolute Gasteiger partial charge is 0.485 e. The summed E-state index contributed by atoms with van der Waals surface area (Å²) in [6.07, 6.45) is -2.53. The molecule has 14 heteroatoms. The van der Waals surface area contributed by atoms with Crippen molar-refractivity contribution in [2.45, 2.75) is 55.1 Å². The van der Waals surface area contributed by atoms with Crippen molar-refractivity contribution in [1.29, 1.82) is 0 Å². The van der Waals surface area contributed by atoms with Crippen LogP contribution in [0.3, 0.4) is 0 Å². The fraction of sp³-hybridized carbons (Fsp3) is 0.458. The molecule has 0 unspecified atom stereocenters. The van der Waals surface area contributed by atoms with E-state index in [2.05, 4.69) is 24.4 Å². The number of rotatable bonds is 7. The summed E-state index contributed by atoms with van der Waals surface area (Å²) < 4.78 is 87.7. The number of ether oxygens (including phenoxy) is 1. The number of aliphatic imine (C=N–C) groups is 1. The van der Waals surface area contributed by atoms with Gasteiger partial charge in [-0.2, -0.15) is 8.78 Å². The Bertz CT molecular complexity index is 1410. The van der Waals surface area contributed by atoms with Gasteiger partial charge in [0.05, 0.1) is 21.2 Å². The maximum absolute atomic E-state index is 15.1. The molecule has 1 amide bonds. The molecule has 8 nitrogen and oxygen atoms in total. The molecule has 0 fully saturated rings. The summed E-state index contributed by atoms with van der Waals surface area (Å²) in [6.45, 7) is 3.82. The van der Waals surface area contributed by atoms with Crippen molar-refractivity contribution < 1.29 is 35.7 Å². The third-order valence-corrected chi connectivity index (χ3v) is 10.6. The Morgan fingerprint density at radius 1 is 1.26 bits per heavy atom. The molecular weight excluding hydrogens is 533 g/mol. The number of amidine groups is 1. The van der Waals surface area contributed by atoms with Crippen LogP contribution in [-0.2, 0) is 15.3 Å². The van der Waals surface area contributed by atoms with Crippen molar-refractivity contribution in [1.82, 2.24) is 4.98 Å². The van der Waals surface area contributed by atoms with E-state index < -0.39 is 55.9 Å². The second-order valence-corrected chi connectivity index (χ2v) is 12.7. The minimum Gasteiger partial charge on any atom is -0.485 e. The van der Waals surface area contributed by atoms with E-state index in [-0.39, 0.29) is 28.5 Å². The molecule has 3 heterocycles. The maximum atomic E-state index is 15.1. The summed E-state index contributed by atoms with van der Waals surface area (Å²) in [5, 5.41) is 1.96. The van der Waals surface area contributed by atoms with Crippen LogP contribution in [0.15, 0.2) is 45.9 Å². The SMILES string of the molecule is CC1(C)C(N)=N[C@](C)(c2cc(NC(=O)c3ccc(OCC(F)(F)C(F)F)cn3)ccc2F)[C@@H]2CCN=[S@@]21=O. The third kappa shape index (κ3) is 4.58. The quantitative estimate of drug-likeness (QED) is 0.489. The lowest BCUT2D eigenvalue weighted by atomic mass is 9.85. The molecule has 2 aromatic rings. The van der Waals surface area contributed by atoms with E-state index in [0.29, 0.717) is 13.0 Å². The van der Waals surface area contributed by atoms with Gasteiger partial charge in [0, 0.05) is 17.8 Å². The highest BCUT2D eigenvalue weighted by molar-refractivity contribution is 7.96. The number of nitrogens with one attached hydrogen (secondary N) is 1. The molecule has 2 aliphatic rings. The van der Waals surface area contributed by atoms with E-state index >= 15 is 4.39 Å². The number of carbonyl (C=O) groups is 1. The van der Waals surface area contributed by atoms with Gasteiger partial charge in [-0.3, -0.25) is 9.79 Å². The molecule has 4 rings (SSSR count). The molecule has 1 aromatic carbocycles. The first-order valence-electron chi connectivity index (χ1n) is 11.5. The van der Waals surface area contributed by atoms with Crippen LogP contribution in [0.2, 0.25) is 0 Å². The van der Waals surface area contributed by atoms with Crippen molar-refractivity contribution in [3.63, 3.8) is 0 Å². The number of alkyl halides is 4. The molecule has 3 atom stereocenters. The van der Waals surface area contributed by atoms with Gasteiger partial charge in [0.2, 0.25) is 0 Å². The Kier molecular flexibility index (Phi) is 6.91. The number of anilines is 1. The molecule has 38 heavy (non-hydrogen) atoms. The number of benzene rings is 1. The highest BCUT2D eigenvalue weighted by atomic mass is 32.2. The number of nitrogens with zero attached hydrogens (tertiary/aromatic N) is 3. The van der Waals surface area contributed by atoms with Crippen LogP contribution in [-0.4, -0.2) is 56.4 Å². The lowest BCUT2D eigenvalue weighted by molar-refractivity contribution is -0.148. The van der Waals surface area contributed by atoms with Crippen molar-refractivity contribution in [3.8, 4) is 5.75 Å². The molecular formula is C24H26F5N5O3S. The number of amides is 1. The zero-order valence-electron chi connectivity index (χ0n) is 20.7. The minimum absolute atomic E-state index is 0.0836. The summed E-state index contributed by atoms with van der Waals surface area (Å²) in [5.41, 5.74) is 5.02. The summed E-state index contributed by atoms with van der Waals surface area (Å²) in [5.74, 6) is -5.82. The minimum atomic E-state index is -4.34. The average molecular weight is 560 g/mol. The summed E-state index contributed by atoms with van der Waals surface area (Å²) in [7, 11) is -2.89. The predicted octanol–water partition coefficient (Wildman–Crippen LogP) is 4.36. The van der Waals surface area contributed by atoms with Gasteiger partial charge in [-0.15, -0.1) is 0 Å². The van der Waals surface area contributed by atoms with Gasteiger partial charge in [-0.25, -0.2) is 26.7 Å². The highest BCUT2D eigenvalue weighted by Gasteiger charge is 2.56. The van der Waals surface area contributed by atoms with Crippen LogP contribution < -0.4 is 15.8 Å². The standard InChI is InChI=1S/C24H26F5N5O3S/c1-22(2)21(30)34-23(3,18-8-9-32-38(18,22)36)15-10-13(4-6-16(15)25)33-19(35)17-7-5-14(11-31-17)37-12-24(28,29)20(26)27/h4-7,10-11,18,20H,8-9,12H2,1-3H3,(H2,30,34)(H,33,35)/t18-,23+,38+/m0/s1. The van der Waals surface area contributed by atoms with Gasteiger partial charge < -0.3 is 15.8 Å².